The van der Waals surface area contributed by atoms with Gasteiger partial charge in [0.05, 0.1) is 11.3 Å². The minimum Gasteiger partial charge on any atom is -0.385 e. The van der Waals surface area contributed by atoms with Crippen LogP contribution in [0.2, 0.25) is 0 Å². The molecule has 0 fully saturated rings. The van der Waals surface area contributed by atoms with E-state index in [-0.39, 0.29) is 26.2 Å². The maximum Gasteiger partial charge on any atom is 1.00 e. The van der Waals surface area contributed by atoms with Gasteiger partial charge in [-0.15, -0.1) is 3.89 Å². The van der Waals surface area contributed by atoms with Crippen LogP contribution in [-0.4, -0.2) is 20.6 Å². The van der Waals surface area contributed by atoms with Crippen LogP contribution < -0.4 is 0 Å². The summed E-state index contributed by atoms with van der Waals surface area (Å²) in [4.78, 5) is 0. The smallest absolute Gasteiger partial charge is 0.385 e. The average Bonchev–Trinajstić information content (AvgIpc) is 2.11. The molecule has 1 atom stereocenters. The summed E-state index contributed by atoms with van der Waals surface area (Å²) >= 11 is 0. The summed E-state index contributed by atoms with van der Waals surface area (Å²) in [6, 6.07) is 0. The summed E-state index contributed by atoms with van der Waals surface area (Å²) in [6.45, 7) is -1.86. The normalized spacial score (nSPS) is 12.3. The first-order chi connectivity index (χ1) is 8.42. The molecule has 0 aromatic heterocycles. The van der Waals surface area contributed by atoms with Crippen LogP contribution in [0.3, 0.4) is 0 Å². The molecule has 12 heteroatoms. The molecule has 0 aliphatic carbocycles. The van der Waals surface area contributed by atoms with Crippen LogP contribution >= 0.6 is 0 Å². The number of alkyl halides is 2. The molecule has 1 unspecified atom stereocenters. The van der Waals surface area contributed by atoms with E-state index in [0.29, 0.717) is 0 Å². The molecule has 0 N–H and O–H groups in total. The van der Waals surface area contributed by atoms with Crippen LogP contribution in [0, 0.1) is 12.6 Å². The maximum absolute atomic E-state index is 12.2. The molecule has 0 amide bonds. The molecule has 0 saturated carbocycles. The van der Waals surface area contributed by atoms with Gasteiger partial charge in [0.1, 0.15) is 0 Å². The number of hydrogen-bond donors (Lipinski definition) is 0. The number of halogens is 8. The van der Waals surface area contributed by atoms with E-state index in [0.717, 1.165) is 0 Å². The van der Waals surface area contributed by atoms with Crippen molar-refractivity contribution < 1.29 is 62.8 Å². The quantitative estimate of drug-likeness (QED) is 0.317. The molecule has 20 heavy (non-hydrogen) atoms. The summed E-state index contributed by atoms with van der Waals surface area (Å²) < 4.78 is 110. The van der Waals surface area contributed by atoms with Crippen LogP contribution in [0.15, 0.2) is 11.7 Å². The first-order valence-electron chi connectivity index (χ1n) is 4.51. The maximum atomic E-state index is 12.2. The Labute approximate surface area is 123 Å². The zero-order valence-corrected chi connectivity index (χ0v) is 13.0. The molecule has 0 spiro atoms. The Morgan fingerprint density at radius 2 is 1.50 bits per heavy atom. The van der Waals surface area contributed by atoms with Crippen molar-refractivity contribution >= 4 is 10.2 Å². The summed E-state index contributed by atoms with van der Waals surface area (Å²) in [5, 5.41) is 0. The van der Waals surface area contributed by atoms with E-state index >= 15 is 0 Å². The standard InChI is InChI=1S/C7H9F5O2S.CF3.Os/c1-2-4(3-15(12,13)14)5(6(8)9)7(10)11;2-1(3)4;/h4,6H,2-3H2,1H3;;/q;-1;+1. The van der Waals surface area contributed by atoms with Crippen LogP contribution in [0.4, 0.5) is 34.6 Å². The molecule has 0 aromatic carbocycles. The van der Waals surface area contributed by atoms with Crippen molar-refractivity contribution in [2.24, 2.45) is 5.92 Å². The van der Waals surface area contributed by atoms with Gasteiger partial charge in [0.15, 0.2) is 6.68 Å². The Hall–Kier alpha value is -0.234. The molecule has 0 aromatic rings. The summed E-state index contributed by atoms with van der Waals surface area (Å²) in [5.74, 6) is -3.04. The van der Waals surface area contributed by atoms with Crippen molar-refractivity contribution in [3.05, 3.63) is 18.3 Å². The zero-order valence-electron chi connectivity index (χ0n) is 9.67. The van der Waals surface area contributed by atoms with E-state index in [9.17, 15) is 43.0 Å². The second kappa shape index (κ2) is 11.4. The first-order valence-corrected chi connectivity index (χ1v) is 6.06. The SMILES string of the molecule is CCC(CS(=O)(=O)F)C(=C(F)F)C(F)F.F[C-](F)F.[Os+]. The van der Waals surface area contributed by atoms with Gasteiger partial charge >= 0.3 is 30.0 Å². The fourth-order valence-corrected chi connectivity index (χ4v) is 1.98. The Kier molecular flexibility index (Phi) is 14.2. The Morgan fingerprint density at radius 3 is 1.65 bits per heavy atom. The zero-order chi connectivity index (χ0) is 15.8. The van der Waals surface area contributed by atoms with Crippen molar-refractivity contribution in [2.75, 3.05) is 5.75 Å². The van der Waals surface area contributed by atoms with E-state index in [1.54, 1.807) is 0 Å². The van der Waals surface area contributed by atoms with Crippen LogP contribution in [0.1, 0.15) is 13.3 Å². The van der Waals surface area contributed by atoms with E-state index in [4.69, 9.17) is 0 Å². The Balaban J connectivity index is -0.000000508. The third-order valence-electron chi connectivity index (χ3n) is 1.79. The molecule has 0 aliphatic rings. The van der Waals surface area contributed by atoms with Crippen LogP contribution in [0.25, 0.3) is 0 Å². The van der Waals surface area contributed by atoms with Crippen molar-refractivity contribution in [2.45, 2.75) is 19.8 Å². The largest absolute Gasteiger partial charge is 1.00 e. The van der Waals surface area contributed by atoms with Gasteiger partial charge in [0.2, 0.25) is 0 Å². The van der Waals surface area contributed by atoms with E-state index < -0.39 is 46.7 Å². The third kappa shape index (κ3) is 14.2. The molecule has 2 nitrogen and oxygen atoms in total. The molecular weight excluding hydrogens is 502 g/mol. The predicted molar refractivity (Wildman–Crippen MR) is 50.5 cm³/mol. The topological polar surface area (TPSA) is 34.1 Å². The molecule has 0 aliphatic heterocycles. The Bertz CT molecular complexity index is 377. The van der Waals surface area contributed by atoms with Crippen molar-refractivity contribution in [3.8, 4) is 0 Å². The van der Waals surface area contributed by atoms with Crippen LogP contribution in [0.5, 0.6) is 0 Å². The fraction of sp³-hybridized carbons (Fsp3) is 0.625. The van der Waals surface area contributed by atoms with Gasteiger partial charge in [-0.05, 0) is 6.42 Å². The average molecular weight is 511 g/mol. The molecule has 123 valence electrons. The van der Waals surface area contributed by atoms with Gasteiger partial charge < -0.3 is 13.2 Å². The summed E-state index contributed by atoms with van der Waals surface area (Å²) in [7, 11) is -5.05. The monoisotopic (exact) mass is 513 g/mol. The minimum absolute atomic E-state index is 0. The molecule has 0 rings (SSSR count). The van der Waals surface area contributed by atoms with E-state index in [2.05, 4.69) is 0 Å². The number of allylic oxidation sites excluding steroid dienone is 1. The van der Waals surface area contributed by atoms with Gasteiger partial charge in [-0.3, -0.25) is 0 Å². The fourth-order valence-electron chi connectivity index (χ4n) is 1.08. The molecule has 1 radical (unpaired) electrons. The van der Waals surface area contributed by atoms with Gasteiger partial charge in [-0.25, -0.2) is 8.78 Å². The first kappa shape index (κ1) is 24.8. The van der Waals surface area contributed by atoms with Gasteiger partial charge in [-0.2, -0.15) is 17.2 Å². The Morgan fingerprint density at radius 1 is 1.15 bits per heavy atom. The van der Waals surface area contributed by atoms with Gasteiger partial charge in [0.25, 0.3) is 12.5 Å². The summed E-state index contributed by atoms with van der Waals surface area (Å²) in [5.41, 5.74) is -1.60. The molecule has 0 bridgehead atoms. The van der Waals surface area contributed by atoms with Crippen molar-refractivity contribution in [3.63, 3.8) is 0 Å². The minimum atomic E-state index is -5.05. The van der Waals surface area contributed by atoms with E-state index in [1.807, 2.05) is 0 Å². The van der Waals surface area contributed by atoms with Crippen molar-refractivity contribution in [1.29, 1.82) is 0 Å². The molecule has 0 heterocycles. The van der Waals surface area contributed by atoms with Crippen LogP contribution in [-0.2, 0) is 30.0 Å². The summed E-state index contributed by atoms with van der Waals surface area (Å²) in [6.07, 6.45) is -6.44. The molecular formula is C8H9F8O2OsS. The third-order valence-corrected chi connectivity index (χ3v) is 2.59. The second-order valence-electron chi connectivity index (χ2n) is 3.04. The van der Waals surface area contributed by atoms with Gasteiger partial charge in [0, 0.05) is 5.92 Å². The second-order valence-corrected chi connectivity index (χ2v) is 4.45. The number of hydrogen-bond acceptors (Lipinski definition) is 2. The van der Waals surface area contributed by atoms with Gasteiger partial charge in [-0.1, -0.05) is 6.92 Å². The number of rotatable bonds is 5. The predicted octanol–water partition coefficient (Wildman–Crippen LogP) is 4.07. The van der Waals surface area contributed by atoms with Crippen molar-refractivity contribution in [1.82, 2.24) is 0 Å². The molecule has 0 saturated heterocycles. The van der Waals surface area contributed by atoms with E-state index in [1.165, 1.54) is 6.92 Å².